The van der Waals surface area contributed by atoms with Gasteiger partial charge in [-0.3, -0.25) is 14.5 Å². The van der Waals surface area contributed by atoms with Crippen LogP contribution in [0.15, 0.2) is 18.2 Å². The van der Waals surface area contributed by atoms with Gasteiger partial charge in [0, 0.05) is 25.3 Å². The molecule has 2 rings (SSSR count). The number of aryl methyl sites for hydroxylation is 1. The van der Waals surface area contributed by atoms with Crippen LogP contribution in [0.2, 0.25) is 5.15 Å². The van der Waals surface area contributed by atoms with Crippen molar-refractivity contribution in [1.29, 1.82) is 0 Å². The molecule has 0 saturated carbocycles. The van der Waals surface area contributed by atoms with E-state index in [1.54, 1.807) is 18.2 Å². The van der Waals surface area contributed by atoms with Crippen molar-refractivity contribution in [2.45, 2.75) is 32.7 Å². The van der Waals surface area contributed by atoms with Gasteiger partial charge < -0.3 is 26.2 Å². The van der Waals surface area contributed by atoms with E-state index in [-0.39, 0.29) is 23.2 Å². The number of hydrogen-bond donors (Lipinski definition) is 4. The Hall–Kier alpha value is -3.60. The van der Waals surface area contributed by atoms with E-state index in [0.717, 1.165) is 10.5 Å². The van der Waals surface area contributed by atoms with Gasteiger partial charge in [-0.05, 0) is 37.5 Å². The van der Waals surface area contributed by atoms with Gasteiger partial charge in [0.15, 0.2) is 16.7 Å². The summed E-state index contributed by atoms with van der Waals surface area (Å²) in [5, 5.41) is 14.9. The highest BCUT2D eigenvalue weighted by Crippen LogP contribution is 2.26. The number of halogens is 1. The van der Waals surface area contributed by atoms with Gasteiger partial charge in [0.25, 0.3) is 5.91 Å². The van der Waals surface area contributed by atoms with Crippen molar-refractivity contribution >= 4 is 41.0 Å². The highest BCUT2D eigenvalue weighted by molar-refractivity contribution is 6.30. The lowest BCUT2D eigenvalue weighted by molar-refractivity contribution is -0.124. The minimum atomic E-state index is -1.19. The summed E-state index contributed by atoms with van der Waals surface area (Å²) in [7, 11) is 2.84. The number of ether oxygens (including phenoxy) is 1. The number of nitrogens with one attached hydrogen (secondary N) is 2. The molecule has 11 nitrogen and oxygen atoms in total. The van der Waals surface area contributed by atoms with Gasteiger partial charge in [-0.1, -0.05) is 18.5 Å². The molecule has 0 saturated heterocycles. The van der Waals surface area contributed by atoms with E-state index in [4.69, 9.17) is 27.2 Å². The van der Waals surface area contributed by atoms with E-state index in [1.165, 1.54) is 21.1 Å². The molecule has 178 valence electrons. The molecule has 0 spiro atoms. The van der Waals surface area contributed by atoms with Crippen LogP contribution in [0.5, 0.6) is 5.75 Å². The first-order valence-corrected chi connectivity index (χ1v) is 10.5. The Balaban J connectivity index is 2.19. The average molecular weight is 479 g/mol. The summed E-state index contributed by atoms with van der Waals surface area (Å²) in [4.78, 5) is 44.4. The van der Waals surface area contributed by atoms with Gasteiger partial charge in [-0.25, -0.2) is 14.8 Å². The first kappa shape index (κ1) is 25.7. The number of aromatic nitrogens is 2. The number of amides is 3. The maximum absolute atomic E-state index is 12.2. The van der Waals surface area contributed by atoms with Crippen LogP contribution >= 0.6 is 11.6 Å². The number of carbonyl (C=O) groups is 3. The van der Waals surface area contributed by atoms with Crippen molar-refractivity contribution in [2.24, 2.45) is 5.73 Å². The van der Waals surface area contributed by atoms with Crippen molar-refractivity contribution in [1.82, 2.24) is 20.2 Å². The first-order chi connectivity index (χ1) is 15.6. The van der Waals surface area contributed by atoms with Crippen LogP contribution in [-0.4, -0.2) is 64.6 Å². The number of hydrogen-bond acceptors (Lipinski definition) is 7. The predicted octanol–water partition coefficient (Wildman–Crippen LogP) is 2.20. The van der Waals surface area contributed by atoms with E-state index < -0.39 is 23.9 Å². The lowest BCUT2D eigenvalue weighted by atomic mass is 10.1. The number of anilines is 2. The van der Waals surface area contributed by atoms with Crippen molar-refractivity contribution in [3.05, 3.63) is 40.3 Å². The Morgan fingerprint density at radius 2 is 1.97 bits per heavy atom. The van der Waals surface area contributed by atoms with Crippen molar-refractivity contribution in [3.8, 4) is 5.75 Å². The summed E-state index contributed by atoms with van der Waals surface area (Å²) in [5.74, 6) is -0.510. The smallest absolute Gasteiger partial charge is 0.407 e. The molecule has 12 heteroatoms. The first-order valence-electron chi connectivity index (χ1n) is 10.1. The number of nitrogens with zero attached hydrogens (tertiary/aromatic N) is 3. The number of carboxylic acid groups (broad SMARTS) is 1. The molecular formula is C21H27ClN6O5. The molecule has 1 atom stereocenters. The number of likely N-dealkylation sites (N-methyl/N-ethyl adjacent to an activating group) is 1. The van der Waals surface area contributed by atoms with Crippen LogP contribution in [0, 0.1) is 0 Å². The SMILES string of the molecule is CCc1nc(C(N)=O)c(Nc2cc(CCNC(=O)C(C)N(C)C(=O)O)cc(OC)c2)nc1Cl. The second-order valence-electron chi connectivity index (χ2n) is 7.18. The molecule has 0 bridgehead atoms. The molecule has 5 N–H and O–H groups in total. The largest absolute Gasteiger partial charge is 0.497 e. The van der Waals surface area contributed by atoms with Crippen LogP contribution in [0.1, 0.15) is 35.6 Å². The molecular weight excluding hydrogens is 452 g/mol. The summed E-state index contributed by atoms with van der Waals surface area (Å²) >= 11 is 6.16. The topological polar surface area (TPSA) is 160 Å². The zero-order chi connectivity index (χ0) is 24.7. The number of rotatable bonds is 10. The number of carbonyl (C=O) groups excluding carboxylic acids is 2. The average Bonchev–Trinajstić information content (AvgIpc) is 2.77. The summed E-state index contributed by atoms with van der Waals surface area (Å²) in [6.07, 6.45) is -0.264. The third-order valence-electron chi connectivity index (χ3n) is 4.93. The maximum Gasteiger partial charge on any atom is 0.407 e. The second-order valence-corrected chi connectivity index (χ2v) is 7.54. The molecule has 0 radical (unpaired) electrons. The van der Waals surface area contributed by atoms with Gasteiger partial charge in [0.1, 0.15) is 11.8 Å². The van der Waals surface area contributed by atoms with Gasteiger partial charge in [0.2, 0.25) is 5.91 Å². The van der Waals surface area contributed by atoms with Crippen LogP contribution in [0.3, 0.4) is 0 Å². The molecule has 0 aliphatic carbocycles. The zero-order valence-electron chi connectivity index (χ0n) is 18.8. The minimum Gasteiger partial charge on any atom is -0.497 e. The number of benzene rings is 1. The minimum absolute atomic E-state index is 0.0376. The Morgan fingerprint density at radius 3 is 2.55 bits per heavy atom. The molecule has 1 unspecified atom stereocenters. The van der Waals surface area contributed by atoms with Crippen LogP contribution in [0.4, 0.5) is 16.3 Å². The molecule has 33 heavy (non-hydrogen) atoms. The number of nitrogens with two attached hydrogens (primary N) is 1. The summed E-state index contributed by atoms with van der Waals surface area (Å²) in [6, 6.07) is 4.44. The fourth-order valence-electron chi connectivity index (χ4n) is 2.88. The highest BCUT2D eigenvalue weighted by Gasteiger charge is 2.21. The van der Waals surface area contributed by atoms with Crippen molar-refractivity contribution in [3.63, 3.8) is 0 Å². The molecule has 1 aromatic heterocycles. The highest BCUT2D eigenvalue weighted by atomic mass is 35.5. The van der Waals surface area contributed by atoms with E-state index in [9.17, 15) is 14.4 Å². The summed E-state index contributed by atoms with van der Waals surface area (Å²) < 4.78 is 5.34. The molecule has 2 aromatic rings. The summed E-state index contributed by atoms with van der Waals surface area (Å²) in [6.45, 7) is 3.61. The van der Waals surface area contributed by atoms with Gasteiger partial charge >= 0.3 is 6.09 Å². The van der Waals surface area contributed by atoms with Gasteiger partial charge in [-0.2, -0.15) is 0 Å². The molecule has 0 aliphatic rings. The number of methoxy groups -OCH3 is 1. The molecule has 0 fully saturated rings. The Morgan fingerprint density at radius 1 is 1.27 bits per heavy atom. The predicted molar refractivity (Wildman–Crippen MR) is 123 cm³/mol. The fourth-order valence-corrected chi connectivity index (χ4v) is 3.15. The second kappa shape index (κ2) is 11.3. The van der Waals surface area contributed by atoms with E-state index in [1.807, 2.05) is 6.92 Å². The lowest BCUT2D eigenvalue weighted by Crippen LogP contribution is -2.45. The fraction of sp³-hybridized carbons (Fsp3) is 0.381. The van der Waals surface area contributed by atoms with Crippen LogP contribution in [0.25, 0.3) is 0 Å². The Labute approximate surface area is 196 Å². The zero-order valence-corrected chi connectivity index (χ0v) is 19.6. The molecule has 3 amide bonds. The standard InChI is InChI=1S/C21H27ClN6O5/c1-5-15-17(22)27-19(16(26-15)18(23)29)25-13-8-12(9-14(10-13)33-4)6-7-24-20(30)11(2)28(3)21(31)32/h8-11H,5-7H2,1-4H3,(H2,23,29)(H,24,30)(H,25,27)(H,31,32). The monoisotopic (exact) mass is 478 g/mol. The van der Waals surface area contributed by atoms with Crippen LogP contribution < -0.4 is 21.1 Å². The molecule has 0 aliphatic heterocycles. The van der Waals surface area contributed by atoms with Crippen molar-refractivity contribution < 1.29 is 24.2 Å². The van der Waals surface area contributed by atoms with E-state index >= 15 is 0 Å². The van der Waals surface area contributed by atoms with Crippen molar-refractivity contribution in [2.75, 3.05) is 26.0 Å². The number of primary amides is 1. The molecule has 1 aromatic carbocycles. The third kappa shape index (κ3) is 6.69. The normalized spacial score (nSPS) is 11.4. The third-order valence-corrected chi connectivity index (χ3v) is 5.23. The Bertz CT molecular complexity index is 1050. The van der Waals surface area contributed by atoms with E-state index in [0.29, 0.717) is 30.0 Å². The maximum atomic E-state index is 12.2. The van der Waals surface area contributed by atoms with Gasteiger partial charge in [-0.15, -0.1) is 0 Å². The van der Waals surface area contributed by atoms with Gasteiger partial charge in [0.05, 0.1) is 12.8 Å². The van der Waals surface area contributed by atoms with E-state index in [2.05, 4.69) is 20.6 Å². The quantitative estimate of drug-likeness (QED) is 0.404. The van der Waals surface area contributed by atoms with Crippen LogP contribution in [-0.2, 0) is 17.6 Å². The Kier molecular flexibility index (Phi) is 8.80. The lowest BCUT2D eigenvalue weighted by Gasteiger charge is -2.21. The summed E-state index contributed by atoms with van der Waals surface area (Å²) in [5.41, 5.74) is 7.23. The molecule has 1 heterocycles.